The second-order valence-electron chi connectivity index (χ2n) is 7.52. The van der Waals surface area contributed by atoms with E-state index in [4.69, 9.17) is 4.99 Å². The van der Waals surface area contributed by atoms with Crippen molar-refractivity contribution in [3.05, 3.63) is 12.4 Å². The van der Waals surface area contributed by atoms with Gasteiger partial charge < -0.3 is 4.90 Å². The molecule has 1 atom stereocenters. The highest BCUT2D eigenvalue weighted by Gasteiger charge is 2.23. The van der Waals surface area contributed by atoms with Crippen molar-refractivity contribution in [1.82, 2.24) is 9.97 Å². The molecule has 0 radical (unpaired) electrons. The minimum Gasteiger partial charge on any atom is -0.330 e. The lowest BCUT2D eigenvalue weighted by Crippen LogP contribution is -2.48. The Labute approximate surface area is 151 Å². The van der Waals surface area contributed by atoms with Gasteiger partial charge in [0.1, 0.15) is 0 Å². The lowest BCUT2D eigenvalue weighted by atomic mass is 9.84. The highest BCUT2D eigenvalue weighted by Crippen LogP contribution is 2.29. The number of aromatic nitrogens is 2. The van der Waals surface area contributed by atoms with Crippen LogP contribution in [-0.4, -0.2) is 35.3 Å². The molecule has 1 aromatic heterocycles. The molecule has 1 saturated heterocycles. The standard InChI is InChI=1S/C19H30N4S/c1-15(7-8-16-5-3-2-4-6-16)9-10-20-17-13-23(14-17)19-21-11-18(24)12-22-19/h11-12,15-16,24H,2-10,13-14H2,1H3. The van der Waals surface area contributed by atoms with Gasteiger partial charge >= 0.3 is 0 Å². The van der Waals surface area contributed by atoms with Crippen molar-refractivity contribution in [2.45, 2.75) is 63.2 Å². The first-order valence-corrected chi connectivity index (χ1v) is 9.93. The van der Waals surface area contributed by atoms with Crippen molar-refractivity contribution in [1.29, 1.82) is 0 Å². The van der Waals surface area contributed by atoms with Gasteiger partial charge in [-0.05, 0) is 18.3 Å². The Balaban J connectivity index is 1.30. The maximum atomic E-state index is 4.76. The van der Waals surface area contributed by atoms with Crippen molar-refractivity contribution in [3.63, 3.8) is 0 Å². The third-order valence-electron chi connectivity index (χ3n) is 5.40. The van der Waals surface area contributed by atoms with Gasteiger partial charge in [-0.25, -0.2) is 9.97 Å². The average molecular weight is 347 g/mol. The Hall–Kier alpha value is -1.10. The third kappa shape index (κ3) is 5.20. The molecule has 1 aliphatic carbocycles. The zero-order valence-electron chi connectivity index (χ0n) is 14.8. The van der Waals surface area contributed by atoms with Gasteiger partial charge in [0.25, 0.3) is 0 Å². The summed E-state index contributed by atoms with van der Waals surface area (Å²) >= 11 is 4.21. The quantitative estimate of drug-likeness (QED) is 0.743. The predicted molar refractivity (Wildman–Crippen MR) is 103 cm³/mol. The summed E-state index contributed by atoms with van der Waals surface area (Å²) in [5.41, 5.74) is 1.29. The number of anilines is 1. The maximum Gasteiger partial charge on any atom is 0.226 e. The summed E-state index contributed by atoms with van der Waals surface area (Å²) in [5, 5.41) is 0. The second-order valence-corrected chi connectivity index (χ2v) is 8.04. The normalized spacial score (nSPS) is 19.9. The van der Waals surface area contributed by atoms with Gasteiger partial charge in [-0.15, -0.1) is 12.6 Å². The molecule has 24 heavy (non-hydrogen) atoms. The number of aliphatic imine (C=N–C) groups is 1. The van der Waals surface area contributed by atoms with Gasteiger partial charge in [-0.3, -0.25) is 4.99 Å². The van der Waals surface area contributed by atoms with Gasteiger partial charge in [0.15, 0.2) is 0 Å². The molecule has 1 unspecified atom stereocenters. The molecule has 2 heterocycles. The molecule has 0 N–H and O–H groups in total. The average Bonchev–Trinajstić information content (AvgIpc) is 2.57. The van der Waals surface area contributed by atoms with E-state index in [0.29, 0.717) is 0 Å². The molecule has 1 aliphatic heterocycles. The molecule has 1 aromatic rings. The van der Waals surface area contributed by atoms with Gasteiger partial charge in [0.2, 0.25) is 5.95 Å². The van der Waals surface area contributed by atoms with Gasteiger partial charge in [0, 0.05) is 23.8 Å². The molecular weight excluding hydrogens is 316 g/mol. The van der Waals surface area contributed by atoms with Crippen LogP contribution in [0.25, 0.3) is 0 Å². The van der Waals surface area contributed by atoms with Crippen molar-refractivity contribution in [2.75, 3.05) is 24.5 Å². The second kappa shape index (κ2) is 8.84. The third-order valence-corrected chi connectivity index (χ3v) is 5.63. The van der Waals surface area contributed by atoms with Crippen LogP contribution in [0.1, 0.15) is 58.3 Å². The van der Waals surface area contributed by atoms with Crippen molar-refractivity contribution in [3.8, 4) is 0 Å². The Bertz CT molecular complexity index is 529. The fraction of sp³-hybridized carbons (Fsp3) is 0.737. The summed E-state index contributed by atoms with van der Waals surface area (Å²) in [4.78, 5) is 16.3. The van der Waals surface area contributed by atoms with E-state index in [-0.39, 0.29) is 0 Å². The van der Waals surface area contributed by atoms with E-state index in [1.165, 1.54) is 57.1 Å². The van der Waals surface area contributed by atoms with Gasteiger partial charge in [-0.2, -0.15) is 0 Å². The van der Waals surface area contributed by atoms with E-state index < -0.39 is 0 Å². The Kier molecular flexibility index (Phi) is 6.52. The van der Waals surface area contributed by atoms with Crippen molar-refractivity contribution in [2.24, 2.45) is 16.8 Å². The number of nitrogens with zero attached hydrogens (tertiary/aromatic N) is 4. The number of hydrogen-bond donors (Lipinski definition) is 1. The van der Waals surface area contributed by atoms with Crippen LogP contribution >= 0.6 is 12.6 Å². The monoisotopic (exact) mass is 346 g/mol. The zero-order valence-corrected chi connectivity index (χ0v) is 15.7. The van der Waals surface area contributed by atoms with E-state index in [9.17, 15) is 0 Å². The molecule has 0 bridgehead atoms. The highest BCUT2D eigenvalue weighted by molar-refractivity contribution is 7.80. The Morgan fingerprint density at radius 2 is 1.88 bits per heavy atom. The summed E-state index contributed by atoms with van der Waals surface area (Å²) in [5.74, 6) is 2.60. The minimum atomic E-state index is 0.785. The molecule has 132 valence electrons. The van der Waals surface area contributed by atoms with Crippen LogP contribution in [0.15, 0.2) is 22.3 Å². The largest absolute Gasteiger partial charge is 0.330 e. The van der Waals surface area contributed by atoms with Crippen molar-refractivity contribution >= 4 is 24.3 Å². The van der Waals surface area contributed by atoms with Crippen LogP contribution in [0.3, 0.4) is 0 Å². The first-order chi connectivity index (χ1) is 11.7. The lowest BCUT2D eigenvalue weighted by Gasteiger charge is -2.32. The smallest absolute Gasteiger partial charge is 0.226 e. The predicted octanol–water partition coefficient (Wildman–Crippen LogP) is 4.41. The van der Waals surface area contributed by atoms with E-state index in [1.807, 2.05) is 0 Å². The SMILES string of the molecule is CC(CCN=C1CN(c2ncc(S)cn2)C1)CCC1CCCCC1. The molecule has 0 amide bonds. The van der Waals surface area contributed by atoms with Gasteiger partial charge in [-0.1, -0.05) is 51.9 Å². The van der Waals surface area contributed by atoms with Crippen LogP contribution in [0.4, 0.5) is 5.95 Å². The van der Waals surface area contributed by atoms with Crippen LogP contribution in [0.2, 0.25) is 0 Å². The molecule has 2 aliphatic rings. The molecule has 3 rings (SSSR count). The lowest BCUT2D eigenvalue weighted by molar-refractivity contribution is 0.309. The van der Waals surface area contributed by atoms with E-state index in [1.54, 1.807) is 12.4 Å². The first-order valence-electron chi connectivity index (χ1n) is 9.49. The van der Waals surface area contributed by atoms with Crippen LogP contribution in [-0.2, 0) is 0 Å². The summed E-state index contributed by atoms with van der Waals surface area (Å²) in [7, 11) is 0. The topological polar surface area (TPSA) is 41.4 Å². The van der Waals surface area contributed by atoms with Crippen LogP contribution in [0, 0.1) is 11.8 Å². The summed E-state index contributed by atoms with van der Waals surface area (Å²) < 4.78 is 0. The fourth-order valence-corrected chi connectivity index (χ4v) is 3.81. The molecular formula is C19H30N4S. The van der Waals surface area contributed by atoms with Crippen LogP contribution < -0.4 is 4.90 Å². The number of thiol groups is 1. The fourth-order valence-electron chi connectivity index (χ4n) is 3.70. The summed E-state index contributed by atoms with van der Waals surface area (Å²) in [6, 6.07) is 0. The zero-order chi connectivity index (χ0) is 16.8. The number of rotatable bonds is 7. The minimum absolute atomic E-state index is 0.785. The van der Waals surface area contributed by atoms with Crippen molar-refractivity contribution < 1.29 is 0 Å². The molecule has 0 spiro atoms. The first kappa shape index (κ1) is 17.7. The van der Waals surface area contributed by atoms with Gasteiger partial charge in [0.05, 0.1) is 18.8 Å². The molecule has 5 heteroatoms. The Morgan fingerprint density at radius 1 is 1.17 bits per heavy atom. The maximum absolute atomic E-state index is 4.76. The van der Waals surface area contributed by atoms with E-state index in [0.717, 1.165) is 42.3 Å². The summed E-state index contributed by atoms with van der Waals surface area (Å²) in [6.45, 7) is 5.12. The summed E-state index contributed by atoms with van der Waals surface area (Å²) in [6.07, 6.45) is 14.9. The molecule has 1 saturated carbocycles. The van der Waals surface area contributed by atoms with Crippen LogP contribution in [0.5, 0.6) is 0 Å². The Morgan fingerprint density at radius 3 is 2.58 bits per heavy atom. The van der Waals surface area contributed by atoms with E-state index in [2.05, 4.69) is 34.4 Å². The highest BCUT2D eigenvalue weighted by atomic mass is 32.1. The van der Waals surface area contributed by atoms with E-state index >= 15 is 0 Å². The molecule has 4 nitrogen and oxygen atoms in total. The molecule has 2 fully saturated rings. The molecule has 0 aromatic carbocycles. The number of hydrogen-bond acceptors (Lipinski definition) is 5.